The number of nitrogens with one attached hydrogen (secondary N) is 1. The fraction of sp³-hybridized carbons (Fsp3) is 0.483. The summed E-state index contributed by atoms with van der Waals surface area (Å²) in [5.41, 5.74) is 3.99. The molecule has 0 saturated carbocycles. The summed E-state index contributed by atoms with van der Waals surface area (Å²) in [5.74, 6) is 1.14. The highest BCUT2D eigenvalue weighted by atomic mass is 35.5. The molecule has 2 aromatic carbocycles. The number of piperidine rings is 1. The molecule has 0 radical (unpaired) electrons. The van der Waals surface area contributed by atoms with Crippen molar-refractivity contribution in [2.24, 2.45) is 5.92 Å². The number of carbonyl (C=O) groups excluding carboxylic acids is 1. The molecule has 1 aromatic heterocycles. The van der Waals surface area contributed by atoms with Gasteiger partial charge in [-0.1, -0.05) is 61.3 Å². The fourth-order valence-corrected chi connectivity index (χ4v) is 6.57. The number of nitrogens with zero attached hydrogens (tertiary/aromatic N) is 3. The lowest BCUT2D eigenvalue weighted by atomic mass is 9.89. The first-order valence-corrected chi connectivity index (χ1v) is 13.9. The largest absolute Gasteiger partial charge is 0.350 e. The highest BCUT2D eigenvalue weighted by Crippen LogP contribution is 2.38. The minimum atomic E-state index is 0.128. The van der Waals surface area contributed by atoms with Crippen molar-refractivity contribution in [3.63, 3.8) is 0 Å². The number of likely N-dealkylation sites (tertiary alicyclic amines) is 1. The van der Waals surface area contributed by atoms with Crippen LogP contribution < -0.4 is 0 Å². The van der Waals surface area contributed by atoms with Gasteiger partial charge in [0.1, 0.15) is 5.69 Å². The van der Waals surface area contributed by atoms with Gasteiger partial charge in [0.05, 0.1) is 0 Å². The summed E-state index contributed by atoms with van der Waals surface area (Å²) in [6, 6.07) is 14.1. The van der Waals surface area contributed by atoms with Crippen LogP contribution in [0.5, 0.6) is 0 Å². The molecule has 0 aliphatic carbocycles. The first-order valence-electron chi connectivity index (χ1n) is 13.2. The van der Waals surface area contributed by atoms with Crippen molar-refractivity contribution in [3.05, 3.63) is 69.3 Å². The Kier molecular flexibility index (Phi) is 7.92. The summed E-state index contributed by atoms with van der Waals surface area (Å²) in [4.78, 5) is 24.1. The normalized spacial score (nSPS) is 18.4. The molecule has 5 nitrogen and oxygen atoms in total. The Bertz CT molecular complexity index is 1190. The fourth-order valence-electron chi connectivity index (χ4n) is 5.86. The van der Waals surface area contributed by atoms with Crippen molar-refractivity contribution in [3.8, 4) is 0 Å². The van der Waals surface area contributed by atoms with Crippen LogP contribution in [0.15, 0.2) is 42.5 Å². The van der Waals surface area contributed by atoms with Crippen molar-refractivity contribution in [1.29, 1.82) is 0 Å². The van der Waals surface area contributed by atoms with E-state index in [1.807, 2.05) is 29.2 Å². The highest BCUT2D eigenvalue weighted by molar-refractivity contribution is 6.36. The van der Waals surface area contributed by atoms with Crippen LogP contribution in [0.3, 0.4) is 0 Å². The number of hydrogen-bond donors (Lipinski definition) is 1. The molecule has 3 heterocycles. The molecule has 1 amide bonds. The monoisotopic (exact) mass is 526 g/mol. The summed E-state index contributed by atoms with van der Waals surface area (Å²) >= 11 is 13.0. The number of carbonyl (C=O) groups is 1. The maximum atomic E-state index is 13.7. The predicted octanol–water partition coefficient (Wildman–Crippen LogP) is 6.27. The van der Waals surface area contributed by atoms with E-state index in [1.165, 1.54) is 0 Å². The molecule has 2 aliphatic rings. The topological polar surface area (TPSA) is 42.6 Å². The minimum absolute atomic E-state index is 0.128. The second-order valence-corrected chi connectivity index (χ2v) is 11.5. The molecule has 2 saturated heterocycles. The maximum Gasteiger partial charge on any atom is 0.270 e. The Balaban J connectivity index is 1.30. The van der Waals surface area contributed by atoms with Gasteiger partial charge in [-0.15, -0.1) is 0 Å². The van der Waals surface area contributed by atoms with Crippen molar-refractivity contribution >= 4 is 40.0 Å². The number of aromatic amines is 1. The van der Waals surface area contributed by atoms with E-state index in [1.54, 1.807) is 0 Å². The number of para-hydroxylation sites is 1. The van der Waals surface area contributed by atoms with Gasteiger partial charge in [-0.25, -0.2) is 0 Å². The molecular formula is C29H36Cl2N4O. The first-order chi connectivity index (χ1) is 17.4. The summed E-state index contributed by atoms with van der Waals surface area (Å²) in [5, 5.41) is 2.67. The molecule has 0 spiro atoms. The molecule has 0 unspecified atom stereocenters. The van der Waals surface area contributed by atoms with E-state index in [9.17, 15) is 4.79 Å². The Morgan fingerprint density at radius 2 is 1.58 bits per heavy atom. The third-order valence-corrected chi connectivity index (χ3v) is 8.35. The Morgan fingerprint density at radius 3 is 2.25 bits per heavy atom. The summed E-state index contributed by atoms with van der Waals surface area (Å²) < 4.78 is 0. The number of hydrogen-bond acceptors (Lipinski definition) is 3. The Hall–Kier alpha value is -2.05. The molecule has 192 valence electrons. The molecule has 0 atom stereocenters. The van der Waals surface area contributed by atoms with Crippen LogP contribution in [-0.4, -0.2) is 71.4 Å². The average Bonchev–Trinajstić information content (AvgIpc) is 3.23. The van der Waals surface area contributed by atoms with E-state index < -0.39 is 0 Å². The van der Waals surface area contributed by atoms with Crippen molar-refractivity contribution < 1.29 is 4.79 Å². The van der Waals surface area contributed by atoms with Gasteiger partial charge < -0.3 is 9.88 Å². The number of benzene rings is 2. The Labute approximate surface area is 224 Å². The number of fused-ring (bicyclic) bond motifs is 1. The van der Waals surface area contributed by atoms with Crippen LogP contribution in [0.1, 0.15) is 54.2 Å². The van der Waals surface area contributed by atoms with E-state index in [-0.39, 0.29) is 5.91 Å². The summed E-state index contributed by atoms with van der Waals surface area (Å²) in [6.07, 6.45) is 2.01. The first kappa shape index (κ1) is 25.6. The lowest BCUT2D eigenvalue weighted by Crippen LogP contribution is -2.49. The van der Waals surface area contributed by atoms with Crippen molar-refractivity contribution in [1.82, 2.24) is 19.7 Å². The second kappa shape index (κ2) is 11.1. The van der Waals surface area contributed by atoms with Crippen LogP contribution in [-0.2, 0) is 6.54 Å². The molecular weight excluding hydrogens is 491 g/mol. The molecule has 3 aromatic rings. The molecule has 1 N–H and O–H groups in total. The van der Waals surface area contributed by atoms with E-state index in [4.69, 9.17) is 23.2 Å². The van der Waals surface area contributed by atoms with Gasteiger partial charge in [-0.2, -0.15) is 0 Å². The lowest BCUT2D eigenvalue weighted by Gasteiger charge is -2.36. The zero-order valence-corrected chi connectivity index (χ0v) is 22.8. The molecule has 7 heteroatoms. The summed E-state index contributed by atoms with van der Waals surface area (Å²) in [7, 11) is 0. The lowest BCUT2D eigenvalue weighted by molar-refractivity contribution is 0.0616. The van der Waals surface area contributed by atoms with E-state index in [2.05, 4.69) is 46.8 Å². The molecule has 5 rings (SSSR count). The van der Waals surface area contributed by atoms with Crippen LogP contribution >= 0.6 is 23.2 Å². The summed E-state index contributed by atoms with van der Waals surface area (Å²) in [6.45, 7) is 11.7. The number of aromatic nitrogens is 1. The Morgan fingerprint density at radius 1 is 0.917 bits per heavy atom. The number of H-pyrrole nitrogens is 1. The minimum Gasteiger partial charge on any atom is -0.350 e. The standard InChI is InChI=1S/C29H36Cl2N4O/c1-20(2)18-34-14-16-35(17-15-34)29(36)28-23(22-6-3-4-9-26(22)32-28)19-33-12-10-21(11-13-33)27-24(30)7-5-8-25(27)31/h3-9,20-21,32H,10-19H2,1-2H3. The molecule has 2 aliphatic heterocycles. The quantitative estimate of drug-likeness (QED) is 0.411. The van der Waals surface area contributed by atoms with Gasteiger partial charge in [-0.3, -0.25) is 14.6 Å². The third kappa shape index (κ3) is 5.45. The van der Waals surface area contributed by atoms with Gasteiger partial charge in [0, 0.05) is 65.8 Å². The SMILES string of the molecule is CC(C)CN1CCN(C(=O)c2[nH]c3ccccc3c2CN2CCC(c3c(Cl)cccc3Cl)CC2)CC1. The number of piperazine rings is 1. The van der Waals surface area contributed by atoms with Crippen LogP contribution in [0.4, 0.5) is 0 Å². The van der Waals surface area contributed by atoms with Gasteiger partial charge in [0.25, 0.3) is 5.91 Å². The van der Waals surface area contributed by atoms with E-state index >= 15 is 0 Å². The van der Waals surface area contributed by atoms with Crippen LogP contribution in [0, 0.1) is 5.92 Å². The maximum absolute atomic E-state index is 13.7. The van der Waals surface area contributed by atoms with Gasteiger partial charge in [0.15, 0.2) is 0 Å². The zero-order valence-electron chi connectivity index (χ0n) is 21.3. The average molecular weight is 528 g/mol. The number of halogens is 2. The molecule has 36 heavy (non-hydrogen) atoms. The predicted molar refractivity (Wildman–Crippen MR) is 149 cm³/mol. The van der Waals surface area contributed by atoms with Crippen LogP contribution in [0.25, 0.3) is 10.9 Å². The van der Waals surface area contributed by atoms with Crippen LogP contribution in [0.2, 0.25) is 10.0 Å². The smallest absolute Gasteiger partial charge is 0.270 e. The van der Waals surface area contributed by atoms with Gasteiger partial charge in [0.2, 0.25) is 0 Å². The zero-order chi connectivity index (χ0) is 25.2. The van der Waals surface area contributed by atoms with E-state index in [0.29, 0.717) is 11.8 Å². The van der Waals surface area contributed by atoms with Gasteiger partial charge >= 0.3 is 0 Å². The number of amides is 1. The van der Waals surface area contributed by atoms with Gasteiger partial charge in [-0.05, 0) is 61.5 Å². The molecule has 0 bridgehead atoms. The number of rotatable bonds is 6. The third-order valence-electron chi connectivity index (χ3n) is 7.69. The van der Waals surface area contributed by atoms with Crippen molar-refractivity contribution in [2.75, 3.05) is 45.8 Å². The van der Waals surface area contributed by atoms with E-state index in [0.717, 1.165) is 103 Å². The highest BCUT2D eigenvalue weighted by Gasteiger charge is 2.29. The second-order valence-electron chi connectivity index (χ2n) is 10.7. The van der Waals surface area contributed by atoms with Crippen molar-refractivity contribution in [2.45, 2.75) is 39.2 Å². The molecule has 2 fully saturated rings.